The second-order valence-electron chi connectivity index (χ2n) is 4.76. The van der Waals surface area contributed by atoms with Gasteiger partial charge in [0.1, 0.15) is 11.3 Å². The van der Waals surface area contributed by atoms with Gasteiger partial charge >= 0.3 is 5.97 Å². The highest BCUT2D eigenvalue weighted by Crippen LogP contribution is 2.24. The molecule has 0 amide bonds. The number of rotatable bonds is 5. The van der Waals surface area contributed by atoms with Gasteiger partial charge < -0.3 is 10.2 Å². The van der Waals surface area contributed by atoms with Crippen molar-refractivity contribution in [1.29, 1.82) is 0 Å². The summed E-state index contributed by atoms with van der Waals surface area (Å²) in [6, 6.07) is 6.33. The van der Waals surface area contributed by atoms with E-state index in [1.165, 1.54) is 12.1 Å². The number of carboxylic acids is 1. The van der Waals surface area contributed by atoms with E-state index in [9.17, 15) is 15.0 Å². The Kier molecular flexibility index (Phi) is 4.12. The number of carboxylic acid groups (broad SMARTS) is 1. The van der Waals surface area contributed by atoms with Crippen molar-refractivity contribution in [2.24, 2.45) is 5.92 Å². The van der Waals surface area contributed by atoms with E-state index in [-0.39, 0.29) is 5.75 Å². The maximum absolute atomic E-state index is 11.4. The van der Waals surface area contributed by atoms with Gasteiger partial charge in [0, 0.05) is 0 Å². The van der Waals surface area contributed by atoms with Crippen LogP contribution in [0.2, 0.25) is 0 Å². The minimum Gasteiger partial charge on any atom is -0.508 e. The van der Waals surface area contributed by atoms with E-state index >= 15 is 0 Å². The van der Waals surface area contributed by atoms with Gasteiger partial charge in [-0.25, -0.2) is 4.79 Å². The first-order chi connectivity index (χ1) is 7.86. The number of hydrogen-bond donors (Lipinski definition) is 3. The summed E-state index contributed by atoms with van der Waals surface area (Å²) in [4.78, 5) is 11.4. The molecule has 1 rings (SSSR count). The third kappa shape index (κ3) is 3.20. The van der Waals surface area contributed by atoms with Crippen LogP contribution in [-0.2, 0) is 10.3 Å². The second kappa shape index (κ2) is 5.19. The molecule has 0 radical (unpaired) electrons. The Bertz CT molecular complexity index is 403. The summed E-state index contributed by atoms with van der Waals surface area (Å²) in [5, 5.41) is 21.8. The third-order valence-electron chi connectivity index (χ3n) is 2.72. The predicted molar refractivity (Wildman–Crippen MR) is 65.9 cm³/mol. The van der Waals surface area contributed by atoms with Crippen LogP contribution in [0.1, 0.15) is 26.3 Å². The molecule has 3 N–H and O–H groups in total. The molecule has 4 nitrogen and oxygen atoms in total. The Morgan fingerprint density at radius 2 is 2.12 bits per heavy atom. The molecule has 0 saturated heterocycles. The SMILES string of the molecule is CC(C)CNC(C)(C(=O)O)c1cccc(O)c1. The average molecular weight is 237 g/mol. The fourth-order valence-electron chi connectivity index (χ4n) is 1.53. The van der Waals surface area contributed by atoms with Crippen molar-refractivity contribution in [2.75, 3.05) is 6.54 Å². The summed E-state index contributed by atoms with van der Waals surface area (Å²) in [6.07, 6.45) is 0. The minimum absolute atomic E-state index is 0.0707. The van der Waals surface area contributed by atoms with Crippen molar-refractivity contribution in [3.05, 3.63) is 29.8 Å². The van der Waals surface area contributed by atoms with Crippen LogP contribution in [0.25, 0.3) is 0 Å². The standard InChI is InChI=1S/C13H19NO3/c1-9(2)8-14-13(3,12(16)17)10-5-4-6-11(15)7-10/h4-7,9,14-15H,8H2,1-3H3,(H,16,17). The van der Waals surface area contributed by atoms with E-state index in [1.807, 2.05) is 13.8 Å². The highest BCUT2D eigenvalue weighted by molar-refractivity contribution is 5.80. The van der Waals surface area contributed by atoms with Gasteiger partial charge in [0.2, 0.25) is 0 Å². The van der Waals surface area contributed by atoms with Crippen molar-refractivity contribution in [3.8, 4) is 5.75 Å². The maximum atomic E-state index is 11.4. The smallest absolute Gasteiger partial charge is 0.328 e. The molecule has 0 aliphatic rings. The number of benzene rings is 1. The topological polar surface area (TPSA) is 69.6 Å². The second-order valence-corrected chi connectivity index (χ2v) is 4.76. The molecule has 1 unspecified atom stereocenters. The molecular formula is C13H19NO3. The van der Waals surface area contributed by atoms with Crippen molar-refractivity contribution in [3.63, 3.8) is 0 Å². The van der Waals surface area contributed by atoms with Crippen LogP contribution in [0, 0.1) is 5.92 Å². The van der Waals surface area contributed by atoms with Crippen LogP contribution < -0.4 is 5.32 Å². The Labute approximate surface area is 101 Å². The summed E-state index contributed by atoms with van der Waals surface area (Å²) in [5.41, 5.74) is -0.631. The molecule has 0 fully saturated rings. The van der Waals surface area contributed by atoms with Gasteiger partial charge in [-0.15, -0.1) is 0 Å². The molecule has 0 saturated carbocycles. The van der Waals surface area contributed by atoms with Crippen LogP contribution in [0.5, 0.6) is 5.75 Å². The summed E-state index contributed by atoms with van der Waals surface area (Å²) in [5.74, 6) is -0.531. The number of nitrogens with one attached hydrogen (secondary N) is 1. The van der Waals surface area contributed by atoms with Gasteiger partial charge in [-0.05, 0) is 37.1 Å². The fourth-order valence-corrected chi connectivity index (χ4v) is 1.53. The first-order valence-electron chi connectivity index (χ1n) is 5.64. The van der Waals surface area contributed by atoms with Gasteiger partial charge in [0.25, 0.3) is 0 Å². The number of aliphatic carboxylic acids is 1. The van der Waals surface area contributed by atoms with Crippen LogP contribution in [0.3, 0.4) is 0 Å². The largest absolute Gasteiger partial charge is 0.508 e. The summed E-state index contributed by atoms with van der Waals surface area (Å²) in [6.45, 7) is 6.22. The molecule has 0 spiro atoms. The quantitative estimate of drug-likeness (QED) is 0.732. The average Bonchev–Trinajstić information content (AvgIpc) is 2.25. The summed E-state index contributed by atoms with van der Waals surface area (Å²) < 4.78 is 0. The predicted octanol–water partition coefficient (Wildman–Crippen LogP) is 1.94. The lowest BCUT2D eigenvalue weighted by Crippen LogP contribution is -2.47. The van der Waals surface area contributed by atoms with Crippen molar-refractivity contribution in [1.82, 2.24) is 5.32 Å². The first-order valence-corrected chi connectivity index (χ1v) is 5.64. The van der Waals surface area contributed by atoms with Crippen LogP contribution >= 0.6 is 0 Å². The van der Waals surface area contributed by atoms with Crippen molar-refractivity contribution in [2.45, 2.75) is 26.3 Å². The number of phenolic OH excluding ortho intramolecular Hbond substituents is 1. The van der Waals surface area contributed by atoms with E-state index in [1.54, 1.807) is 19.1 Å². The molecule has 17 heavy (non-hydrogen) atoms. The number of carbonyl (C=O) groups is 1. The monoisotopic (exact) mass is 237 g/mol. The molecule has 94 valence electrons. The lowest BCUT2D eigenvalue weighted by Gasteiger charge is -2.28. The van der Waals surface area contributed by atoms with Crippen LogP contribution in [0.15, 0.2) is 24.3 Å². The Morgan fingerprint density at radius 1 is 1.47 bits per heavy atom. The summed E-state index contributed by atoms with van der Waals surface area (Å²) >= 11 is 0. The zero-order chi connectivity index (χ0) is 13.1. The fraction of sp³-hybridized carbons (Fsp3) is 0.462. The number of hydrogen-bond acceptors (Lipinski definition) is 3. The molecule has 4 heteroatoms. The highest BCUT2D eigenvalue weighted by Gasteiger charge is 2.34. The van der Waals surface area contributed by atoms with Crippen LogP contribution in [-0.4, -0.2) is 22.7 Å². The Balaban J connectivity index is 3.03. The minimum atomic E-state index is -1.18. The Morgan fingerprint density at radius 3 is 2.59 bits per heavy atom. The van der Waals surface area contributed by atoms with E-state index < -0.39 is 11.5 Å². The lowest BCUT2D eigenvalue weighted by molar-refractivity contribution is -0.144. The van der Waals surface area contributed by atoms with Gasteiger partial charge in [-0.3, -0.25) is 5.32 Å². The van der Waals surface area contributed by atoms with E-state index in [2.05, 4.69) is 5.32 Å². The maximum Gasteiger partial charge on any atom is 0.328 e. The third-order valence-corrected chi connectivity index (χ3v) is 2.72. The highest BCUT2D eigenvalue weighted by atomic mass is 16.4. The Hall–Kier alpha value is -1.55. The molecule has 0 aromatic heterocycles. The van der Waals surface area contributed by atoms with Gasteiger partial charge in [0.15, 0.2) is 0 Å². The summed E-state index contributed by atoms with van der Waals surface area (Å²) in [7, 11) is 0. The molecule has 1 aromatic carbocycles. The van der Waals surface area contributed by atoms with E-state index in [0.29, 0.717) is 18.0 Å². The lowest BCUT2D eigenvalue weighted by atomic mass is 9.91. The molecule has 0 bridgehead atoms. The molecular weight excluding hydrogens is 218 g/mol. The van der Waals surface area contributed by atoms with Gasteiger partial charge in [0.05, 0.1) is 0 Å². The first kappa shape index (κ1) is 13.5. The van der Waals surface area contributed by atoms with Crippen LogP contribution in [0.4, 0.5) is 0 Å². The van der Waals surface area contributed by atoms with Gasteiger partial charge in [-0.1, -0.05) is 26.0 Å². The molecule has 1 atom stereocenters. The number of phenols is 1. The normalized spacial score (nSPS) is 14.6. The van der Waals surface area contributed by atoms with Crippen molar-refractivity contribution >= 4 is 5.97 Å². The van der Waals surface area contributed by atoms with E-state index in [0.717, 1.165) is 0 Å². The van der Waals surface area contributed by atoms with Crippen molar-refractivity contribution < 1.29 is 15.0 Å². The molecule has 0 heterocycles. The zero-order valence-corrected chi connectivity index (χ0v) is 10.4. The number of aromatic hydroxyl groups is 1. The van der Waals surface area contributed by atoms with E-state index in [4.69, 9.17) is 0 Å². The molecule has 0 aliphatic heterocycles. The molecule has 1 aromatic rings. The van der Waals surface area contributed by atoms with Gasteiger partial charge in [-0.2, -0.15) is 0 Å². The molecule has 0 aliphatic carbocycles. The zero-order valence-electron chi connectivity index (χ0n) is 10.4.